The van der Waals surface area contributed by atoms with Crippen LogP contribution in [0.2, 0.25) is 0 Å². The van der Waals surface area contributed by atoms with E-state index in [1.54, 1.807) is 0 Å². The van der Waals surface area contributed by atoms with E-state index in [-0.39, 0.29) is 0 Å². The minimum absolute atomic E-state index is 1.11. The second-order valence-electron chi connectivity index (χ2n) is 3.17. The Hall–Kier alpha value is -1.24. The molecular formula is C15H25N. The molecule has 0 unspecified atom stereocenters. The molecule has 0 radical (unpaired) electrons. The average Bonchev–Trinajstić information content (AvgIpc) is 2.75. The molecule has 0 saturated carbocycles. The van der Waals surface area contributed by atoms with E-state index in [1.807, 2.05) is 27.7 Å². The Morgan fingerprint density at radius 3 is 2.19 bits per heavy atom. The molecule has 0 N–H and O–H groups in total. The summed E-state index contributed by atoms with van der Waals surface area (Å²) in [7, 11) is 2.09. The van der Waals surface area contributed by atoms with Gasteiger partial charge in [-0.1, -0.05) is 46.8 Å². The third-order valence-corrected chi connectivity index (χ3v) is 2.36. The van der Waals surface area contributed by atoms with Crippen molar-refractivity contribution < 1.29 is 0 Å². The number of nitrogens with zero attached hydrogens (tertiary/aromatic N) is 1. The van der Waals surface area contributed by atoms with Crippen LogP contribution in [0.15, 0.2) is 30.5 Å². The summed E-state index contributed by atoms with van der Waals surface area (Å²) in [6.45, 7) is 10.2. The van der Waals surface area contributed by atoms with E-state index < -0.39 is 0 Å². The fraction of sp³-hybridized carbons (Fsp3) is 0.467. The average molecular weight is 219 g/mol. The second kappa shape index (κ2) is 7.98. The van der Waals surface area contributed by atoms with Crippen molar-refractivity contribution in [3.8, 4) is 0 Å². The molecule has 0 aliphatic carbocycles. The van der Waals surface area contributed by atoms with Gasteiger partial charge in [-0.2, -0.15) is 0 Å². The molecule has 1 aromatic carbocycles. The van der Waals surface area contributed by atoms with Crippen LogP contribution in [-0.2, 0) is 13.5 Å². The van der Waals surface area contributed by atoms with Crippen molar-refractivity contribution in [3.63, 3.8) is 0 Å². The summed E-state index contributed by atoms with van der Waals surface area (Å²) in [5, 5.41) is 1.33. The normalized spacial score (nSPS) is 8.88. The van der Waals surface area contributed by atoms with Crippen LogP contribution >= 0.6 is 0 Å². The smallest absolute Gasteiger partial charge is 0.0480 e. The molecule has 0 fully saturated rings. The third-order valence-electron chi connectivity index (χ3n) is 2.36. The molecule has 1 heterocycles. The Morgan fingerprint density at radius 2 is 1.62 bits per heavy atom. The highest BCUT2D eigenvalue weighted by molar-refractivity contribution is 5.80. The van der Waals surface area contributed by atoms with E-state index in [1.165, 1.54) is 16.5 Å². The number of aryl methyl sites for hydroxylation is 2. The van der Waals surface area contributed by atoms with Crippen LogP contribution in [0.1, 0.15) is 40.2 Å². The van der Waals surface area contributed by atoms with E-state index >= 15 is 0 Å². The Morgan fingerprint density at radius 1 is 1.00 bits per heavy atom. The zero-order chi connectivity index (χ0) is 12.6. The fourth-order valence-corrected chi connectivity index (χ4v) is 1.53. The Bertz CT molecular complexity index is 399. The maximum absolute atomic E-state index is 2.26. The number of benzene rings is 1. The van der Waals surface area contributed by atoms with Crippen molar-refractivity contribution >= 4 is 10.9 Å². The fourth-order valence-electron chi connectivity index (χ4n) is 1.53. The summed E-state index contributed by atoms with van der Waals surface area (Å²) < 4.78 is 2.16. The van der Waals surface area contributed by atoms with Gasteiger partial charge in [0.25, 0.3) is 0 Å². The summed E-state index contributed by atoms with van der Waals surface area (Å²) in [5.41, 5.74) is 2.73. The summed E-state index contributed by atoms with van der Waals surface area (Å²) in [5.74, 6) is 0. The molecule has 16 heavy (non-hydrogen) atoms. The van der Waals surface area contributed by atoms with Crippen molar-refractivity contribution in [1.29, 1.82) is 0 Å². The largest absolute Gasteiger partial charge is 0.351 e. The van der Waals surface area contributed by atoms with Crippen molar-refractivity contribution in [2.45, 2.75) is 41.0 Å². The van der Waals surface area contributed by atoms with Gasteiger partial charge in [0.05, 0.1) is 0 Å². The predicted molar refractivity (Wildman–Crippen MR) is 75.0 cm³/mol. The van der Waals surface area contributed by atoms with Gasteiger partial charge in [0.1, 0.15) is 0 Å². The van der Waals surface area contributed by atoms with Crippen LogP contribution in [0.3, 0.4) is 0 Å². The van der Waals surface area contributed by atoms with Gasteiger partial charge in [0.15, 0.2) is 0 Å². The van der Waals surface area contributed by atoms with Gasteiger partial charge in [0.2, 0.25) is 0 Å². The molecule has 0 amide bonds. The van der Waals surface area contributed by atoms with Gasteiger partial charge in [-0.25, -0.2) is 0 Å². The number of hydrogen-bond donors (Lipinski definition) is 0. The van der Waals surface area contributed by atoms with Crippen LogP contribution in [0.4, 0.5) is 0 Å². The van der Waals surface area contributed by atoms with Gasteiger partial charge >= 0.3 is 0 Å². The molecule has 1 aromatic heterocycles. The predicted octanol–water partition coefficient (Wildman–Crippen LogP) is 4.79. The molecule has 0 bridgehead atoms. The Balaban J connectivity index is 0.000000509. The highest BCUT2D eigenvalue weighted by Gasteiger charge is 1.97. The van der Waals surface area contributed by atoms with E-state index in [9.17, 15) is 0 Å². The molecule has 0 saturated heterocycles. The topological polar surface area (TPSA) is 4.93 Å². The molecular weight excluding hydrogens is 194 g/mol. The zero-order valence-corrected chi connectivity index (χ0v) is 11.5. The van der Waals surface area contributed by atoms with E-state index in [2.05, 4.69) is 49.0 Å². The lowest BCUT2D eigenvalue weighted by molar-refractivity contribution is 0.966. The highest BCUT2D eigenvalue weighted by Crippen LogP contribution is 2.16. The first-order valence-corrected chi connectivity index (χ1v) is 6.35. The lowest BCUT2D eigenvalue weighted by Gasteiger charge is -1.99. The first-order valence-electron chi connectivity index (χ1n) is 6.35. The molecule has 0 aliphatic rings. The van der Waals surface area contributed by atoms with Gasteiger partial charge in [0, 0.05) is 18.8 Å². The van der Waals surface area contributed by atoms with Gasteiger partial charge in [-0.15, -0.1) is 0 Å². The standard InChI is InChI=1S/C11H13N.2C2H6/c1-3-9-4-5-10-6-7-12(2)11(10)8-9;2*1-2/h4-8H,3H2,1-2H3;2*1-2H3. The van der Waals surface area contributed by atoms with Crippen molar-refractivity contribution in [2.75, 3.05) is 0 Å². The number of rotatable bonds is 1. The number of fused-ring (bicyclic) bond motifs is 1. The van der Waals surface area contributed by atoms with Gasteiger partial charge < -0.3 is 4.57 Å². The van der Waals surface area contributed by atoms with Crippen molar-refractivity contribution in [3.05, 3.63) is 36.0 Å². The number of aromatic nitrogens is 1. The van der Waals surface area contributed by atoms with Crippen LogP contribution < -0.4 is 0 Å². The van der Waals surface area contributed by atoms with Crippen molar-refractivity contribution in [1.82, 2.24) is 4.57 Å². The van der Waals surface area contributed by atoms with Gasteiger partial charge in [-0.05, 0) is 29.5 Å². The monoisotopic (exact) mass is 219 g/mol. The maximum atomic E-state index is 2.26. The lowest BCUT2D eigenvalue weighted by Crippen LogP contribution is -1.85. The Kier molecular flexibility index (Phi) is 7.36. The SMILES string of the molecule is CC.CC.CCc1ccc2ccn(C)c2c1. The lowest BCUT2D eigenvalue weighted by atomic mass is 10.1. The zero-order valence-electron chi connectivity index (χ0n) is 11.5. The van der Waals surface area contributed by atoms with E-state index in [0.29, 0.717) is 0 Å². The summed E-state index contributed by atoms with van der Waals surface area (Å²) in [6, 6.07) is 8.79. The quantitative estimate of drug-likeness (QED) is 0.649. The Labute approximate surface area is 100 Å². The van der Waals surface area contributed by atoms with Crippen LogP contribution in [0.25, 0.3) is 10.9 Å². The number of hydrogen-bond acceptors (Lipinski definition) is 0. The maximum Gasteiger partial charge on any atom is 0.0480 e. The summed E-state index contributed by atoms with van der Waals surface area (Å²) in [6.07, 6.45) is 3.21. The minimum atomic E-state index is 1.11. The molecule has 2 aromatic rings. The molecule has 0 spiro atoms. The molecule has 1 nitrogen and oxygen atoms in total. The summed E-state index contributed by atoms with van der Waals surface area (Å²) in [4.78, 5) is 0. The molecule has 0 aliphatic heterocycles. The highest BCUT2D eigenvalue weighted by atomic mass is 14.9. The van der Waals surface area contributed by atoms with Crippen molar-refractivity contribution in [2.24, 2.45) is 7.05 Å². The van der Waals surface area contributed by atoms with Crippen LogP contribution in [0, 0.1) is 0 Å². The summed E-state index contributed by atoms with van der Waals surface area (Å²) >= 11 is 0. The van der Waals surface area contributed by atoms with E-state index in [4.69, 9.17) is 0 Å². The molecule has 90 valence electrons. The second-order valence-corrected chi connectivity index (χ2v) is 3.17. The van der Waals surface area contributed by atoms with Gasteiger partial charge in [-0.3, -0.25) is 0 Å². The van der Waals surface area contributed by atoms with E-state index in [0.717, 1.165) is 6.42 Å². The first-order chi connectivity index (χ1) is 7.81. The molecule has 0 atom stereocenters. The third kappa shape index (κ3) is 3.41. The molecule has 2 rings (SSSR count). The minimum Gasteiger partial charge on any atom is -0.351 e. The van der Waals surface area contributed by atoms with Crippen LogP contribution in [0.5, 0.6) is 0 Å². The van der Waals surface area contributed by atoms with Crippen LogP contribution in [-0.4, -0.2) is 4.57 Å². The molecule has 1 heteroatoms. The first kappa shape index (κ1) is 14.8.